The minimum Gasteiger partial charge on any atom is -0.368 e. The number of pyridine rings is 2. The normalized spacial score (nSPS) is 17.2. The number of hydrogen-bond donors (Lipinski definition) is 1. The Morgan fingerprint density at radius 1 is 1.17 bits per heavy atom. The van der Waals surface area contributed by atoms with E-state index in [1.54, 1.807) is 12.1 Å². The van der Waals surface area contributed by atoms with Crippen molar-refractivity contribution in [3.05, 3.63) is 47.4 Å². The van der Waals surface area contributed by atoms with Gasteiger partial charge in [0.25, 0.3) is 0 Å². The molecule has 124 valence electrons. The van der Waals surface area contributed by atoms with Gasteiger partial charge < -0.3 is 5.32 Å². The van der Waals surface area contributed by atoms with E-state index in [1.165, 1.54) is 0 Å². The van der Waals surface area contributed by atoms with Crippen LogP contribution in [0.4, 0.5) is 20.3 Å². The van der Waals surface area contributed by atoms with Crippen LogP contribution in [0.15, 0.2) is 30.3 Å². The molecule has 0 aliphatic heterocycles. The van der Waals surface area contributed by atoms with Crippen LogP contribution in [-0.4, -0.2) is 21.9 Å². The minimum absolute atomic E-state index is 0.0450. The summed E-state index contributed by atoms with van der Waals surface area (Å²) < 4.78 is 26.5. The minimum atomic E-state index is -2.55. The molecule has 1 fully saturated rings. The number of aryl methyl sites for hydroxylation is 1. The van der Waals surface area contributed by atoms with Gasteiger partial charge in [0, 0.05) is 24.6 Å². The summed E-state index contributed by atoms with van der Waals surface area (Å²) in [7, 11) is 0. The van der Waals surface area contributed by atoms with Crippen LogP contribution in [0.25, 0.3) is 16.2 Å². The summed E-state index contributed by atoms with van der Waals surface area (Å²) >= 11 is 0. The molecule has 1 aliphatic carbocycles. The molecule has 4 nitrogen and oxygen atoms in total. The average Bonchev–Trinajstić information content (AvgIpc) is 2.56. The molecule has 2 aromatic rings. The quantitative estimate of drug-likeness (QED) is 0.807. The Hall–Kier alpha value is -2.55. The van der Waals surface area contributed by atoms with Crippen molar-refractivity contribution in [1.82, 2.24) is 9.97 Å². The highest BCUT2D eigenvalue weighted by molar-refractivity contribution is 5.66. The molecule has 2 heterocycles. The van der Waals surface area contributed by atoms with Gasteiger partial charge in [0.05, 0.1) is 18.0 Å². The van der Waals surface area contributed by atoms with E-state index in [0.29, 0.717) is 35.7 Å². The molecule has 0 amide bonds. The van der Waals surface area contributed by atoms with Gasteiger partial charge in [-0.2, -0.15) is 0 Å². The van der Waals surface area contributed by atoms with Crippen LogP contribution in [0.5, 0.6) is 0 Å². The molecule has 3 rings (SSSR count). The topological polar surface area (TPSA) is 42.2 Å². The monoisotopic (exact) mass is 328 g/mol. The first-order valence-electron chi connectivity index (χ1n) is 7.93. The summed E-state index contributed by atoms with van der Waals surface area (Å²) in [6, 6.07) is 8.92. The lowest BCUT2D eigenvalue weighted by Crippen LogP contribution is -2.32. The summed E-state index contributed by atoms with van der Waals surface area (Å²) in [5.41, 5.74) is 2.62. The van der Waals surface area contributed by atoms with Gasteiger partial charge in [0.1, 0.15) is 5.82 Å². The van der Waals surface area contributed by atoms with Crippen LogP contribution >= 0.6 is 0 Å². The average molecular weight is 328 g/mol. The van der Waals surface area contributed by atoms with Crippen LogP contribution < -0.4 is 5.32 Å². The third kappa shape index (κ3) is 3.85. The van der Waals surface area contributed by atoms with Crippen molar-refractivity contribution in [1.29, 1.82) is 0 Å². The smallest absolute Gasteiger partial charge is 0.248 e. The van der Waals surface area contributed by atoms with E-state index in [4.69, 9.17) is 6.57 Å². The highest BCUT2D eigenvalue weighted by Gasteiger charge is 2.34. The second kappa shape index (κ2) is 6.52. The van der Waals surface area contributed by atoms with Gasteiger partial charge in [-0.3, -0.25) is 4.98 Å². The zero-order chi connectivity index (χ0) is 17.2. The lowest BCUT2D eigenvalue weighted by molar-refractivity contribution is -0.0361. The number of hydrogen-bond acceptors (Lipinski definition) is 3. The summed E-state index contributed by atoms with van der Waals surface area (Å²) in [6.07, 6.45) is 0.572. The fourth-order valence-corrected chi connectivity index (χ4v) is 2.87. The van der Waals surface area contributed by atoms with Crippen molar-refractivity contribution < 1.29 is 8.78 Å². The largest absolute Gasteiger partial charge is 0.368 e. The molecule has 0 unspecified atom stereocenters. The van der Waals surface area contributed by atoms with Crippen LogP contribution in [0.2, 0.25) is 0 Å². The highest BCUT2D eigenvalue weighted by Crippen LogP contribution is 2.34. The van der Waals surface area contributed by atoms with E-state index in [1.807, 2.05) is 25.1 Å². The van der Waals surface area contributed by atoms with Gasteiger partial charge in [-0.05, 0) is 44.0 Å². The van der Waals surface area contributed by atoms with Crippen molar-refractivity contribution in [2.45, 2.75) is 44.6 Å². The molecule has 24 heavy (non-hydrogen) atoms. The molecule has 0 spiro atoms. The molecule has 0 bridgehead atoms. The van der Waals surface area contributed by atoms with E-state index in [0.717, 1.165) is 5.69 Å². The van der Waals surface area contributed by atoms with Crippen LogP contribution in [-0.2, 0) is 0 Å². The van der Waals surface area contributed by atoms with Crippen LogP contribution in [0.1, 0.15) is 31.4 Å². The molecular formula is C18H18F2N4. The van der Waals surface area contributed by atoms with Crippen molar-refractivity contribution in [3.8, 4) is 11.4 Å². The number of aromatic nitrogens is 2. The van der Waals surface area contributed by atoms with Crippen LogP contribution in [0.3, 0.4) is 0 Å². The fraction of sp³-hybridized carbons (Fsp3) is 0.389. The maximum absolute atomic E-state index is 13.3. The number of nitrogens with one attached hydrogen (secondary N) is 1. The van der Waals surface area contributed by atoms with Gasteiger partial charge in [0.2, 0.25) is 5.92 Å². The Labute approximate surface area is 139 Å². The fourth-order valence-electron chi connectivity index (χ4n) is 2.87. The molecule has 0 aromatic carbocycles. The van der Waals surface area contributed by atoms with Crippen molar-refractivity contribution >= 4 is 11.5 Å². The third-order valence-corrected chi connectivity index (χ3v) is 4.16. The van der Waals surface area contributed by atoms with E-state index < -0.39 is 5.92 Å². The molecule has 6 heteroatoms. The Kier molecular flexibility index (Phi) is 4.43. The Bertz CT molecular complexity index is 773. The summed E-state index contributed by atoms with van der Waals surface area (Å²) in [6.45, 7) is 9.16. The van der Waals surface area contributed by atoms with E-state index in [-0.39, 0.29) is 18.9 Å². The zero-order valence-corrected chi connectivity index (χ0v) is 13.4. The predicted octanol–water partition coefficient (Wildman–Crippen LogP) is 4.99. The third-order valence-electron chi connectivity index (χ3n) is 4.16. The maximum atomic E-state index is 13.3. The van der Waals surface area contributed by atoms with E-state index >= 15 is 0 Å². The summed E-state index contributed by atoms with van der Waals surface area (Å²) in [4.78, 5) is 12.4. The van der Waals surface area contributed by atoms with Crippen molar-refractivity contribution in [2.24, 2.45) is 0 Å². The second-order valence-electron chi connectivity index (χ2n) is 6.15. The molecule has 1 N–H and O–H groups in total. The molecule has 2 aromatic heterocycles. The summed E-state index contributed by atoms with van der Waals surface area (Å²) in [5.74, 6) is -2.02. The molecule has 1 aliphatic rings. The predicted molar refractivity (Wildman–Crippen MR) is 89.3 cm³/mol. The van der Waals surface area contributed by atoms with Gasteiger partial charge in [0.15, 0.2) is 5.69 Å². The number of anilines is 1. The van der Waals surface area contributed by atoms with Gasteiger partial charge >= 0.3 is 0 Å². The van der Waals surface area contributed by atoms with Crippen molar-refractivity contribution in [2.75, 3.05) is 5.32 Å². The Morgan fingerprint density at radius 2 is 1.92 bits per heavy atom. The van der Waals surface area contributed by atoms with E-state index in [9.17, 15) is 8.78 Å². The van der Waals surface area contributed by atoms with Gasteiger partial charge in [-0.1, -0.05) is 6.07 Å². The second-order valence-corrected chi connectivity index (χ2v) is 6.15. The summed E-state index contributed by atoms with van der Waals surface area (Å²) in [5, 5.41) is 3.20. The first-order valence-corrected chi connectivity index (χ1v) is 7.93. The molecular weight excluding hydrogens is 310 g/mol. The molecule has 1 saturated carbocycles. The zero-order valence-electron chi connectivity index (χ0n) is 13.4. The number of nitrogens with zero attached hydrogens (tertiary/aromatic N) is 3. The first-order chi connectivity index (χ1) is 11.4. The van der Waals surface area contributed by atoms with E-state index in [2.05, 4.69) is 20.1 Å². The number of rotatable bonds is 3. The molecule has 0 saturated heterocycles. The SMILES string of the molecule is [C-]#[N+]c1cc(NC2CCC(F)(F)CC2)nc(-c2cccc(C)n2)c1. The maximum Gasteiger partial charge on any atom is 0.248 e. The highest BCUT2D eigenvalue weighted by atomic mass is 19.3. The Balaban J connectivity index is 1.84. The Morgan fingerprint density at radius 3 is 2.58 bits per heavy atom. The number of halogens is 2. The first kappa shape index (κ1) is 16.3. The standard InChI is InChI=1S/C18H18F2N4/c1-12-4-3-5-15(22-12)16-10-14(21-2)11-17(24-16)23-13-6-8-18(19,20)9-7-13/h3-5,10-11,13H,6-9H2,1H3,(H,23,24). The van der Waals surface area contributed by atoms with Crippen molar-refractivity contribution in [3.63, 3.8) is 0 Å². The van der Waals surface area contributed by atoms with Gasteiger partial charge in [-0.15, -0.1) is 0 Å². The molecule has 0 radical (unpaired) electrons. The van der Waals surface area contributed by atoms with Crippen LogP contribution in [0, 0.1) is 13.5 Å². The lowest BCUT2D eigenvalue weighted by Gasteiger charge is -2.29. The van der Waals surface area contributed by atoms with Gasteiger partial charge in [-0.25, -0.2) is 18.6 Å². The molecule has 0 atom stereocenters. The number of alkyl halides is 2. The lowest BCUT2D eigenvalue weighted by atomic mass is 9.92.